The molecule has 0 spiro atoms. The standard InChI is InChI=1S/C22H28N2O4S2/c25-22(24(17-20-5-4-16-29-20)19-10-14-28-15-11-19)18-6-8-21(9-7-18)30(26,27)23-12-2-1-3-13-23/h4-9,16,19H,1-3,10-15,17H2. The van der Waals surface area contributed by atoms with Crippen LogP contribution >= 0.6 is 11.3 Å². The molecule has 30 heavy (non-hydrogen) atoms. The first-order valence-electron chi connectivity index (χ1n) is 10.6. The van der Waals surface area contributed by atoms with Gasteiger partial charge < -0.3 is 9.64 Å². The molecule has 0 saturated carbocycles. The molecular weight excluding hydrogens is 420 g/mol. The van der Waals surface area contributed by atoms with Crippen LogP contribution in [-0.4, -0.2) is 55.9 Å². The van der Waals surface area contributed by atoms with Crippen LogP contribution in [0.1, 0.15) is 47.3 Å². The molecule has 1 aromatic carbocycles. The summed E-state index contributed by atoms with van der Waals surface area (Å²) >= 11 is 1.64. The molecule has 162 valence electrons. The molecule has 2 aliphatic heterocycles. The number of thiophene rings is 1. The molecule has 1 amide bonds. The van der Waals surface area contributed by atoms with Gasteiger partial charge in [-0.2, -0.15) is 4.31 Å². The Morgan fingerprint density at radius 1 is 1.07 bits per heavy atom. The van der Waals surface area contributed by atoms with Crippen LogP contribution in [0.2, 0.25) is 0 Å². The van der Waals surface area contributed by atoms with Crippen LogP contribution < -0.4 is 0 Å². The highest BCUT2D eigenvalue weighted by molar-refractivity contribution is 7.89. The van der Waals surface area contributed by atoms with Crippen molar-refractivity contribution in [3.05, 3.63) is 52.2 Å². The lowest BCUT2D eigenvalue weighted by Gasteiger charge is -2.34. The number of piperidine rings is 1. The van der Waals surface area contributed by atoms with Gasteiger partial charge in [0, 0.05) is 42.8 Å². The summed E-state index contributed by atoms with van der Waals surface area (Å²) in [5.74, 6) is -0.0581. The number of carbonyl (C=O) groups excluding carboxylic acids is 1. The van der Waals surface area contributed by atoms with E-state index >= 15 is 0 Å². The lowest BCUT2D eigenvalue weighted by Crippen LogP contribution is -2.42. The fourth-order valence-corrected chi connectivity index (χ4v) is 6.34. The third-order valence-electron chi connectivity index (χ3n) is 5.85. The molecule has 2 aromatic rings. The van der Waals surface area contributed by atoms with Crippen molar-refractivity contribution in [3.8, 4) is 0 Å². The van der Waals surface area contributed by atoms with E-state index in [-0.39, 0.29) is 16.8 Å². The van der Waals surface area contributed by atoms with Gasteiger partial charge in [0.1, 0.15) is 0 Å². The summed E-state index contributed by atoms with van der Waals surface area (Å²) in [4.78, 5) is 16.7. The minimum Gasteiger partial charge on any atom is -0.381 e. The topological polar surface area (TPSA) is 66.9 Å². The van der Waals surface area contributed by atoms with Gasteiger partial charge in [-0.25, -0.2) is 8.42 Å². The van der Waals surface area contributed by atoms with E-state index in [1.807, 2.05) is 22.4 Å². The second-order valence-corrected chi connectivity index (χ2v) is 10.8. The van der Waals surface area contributed by atoms with Crippen molar-refractivity contribution in [2.24, 2.45) is 0 Å². The Kier molecular flexibility index (Phi) is 6.87. The summed E-state index contributed by atoms with van der Waals surface area (Å²) in [5, 5.41) is 2.02. The highest BCUT2D eigenvalue weighted by atomic mass is 32.2. The van der Waals surface area contributed by atoms with Gasteiger partial charge in [0.25, 0.3) is 5.91 Å². The van der Waals surface area contributed by atoms with E-state index in [0.717, 1.165) is 37.0 Å². The molecule has 2 fully saturated rings. The lowest BCUT2D eigenvalue weighted by atomic mass is 10.0. The van der Waals surface area contributed by atoms with Crippen LogP contribution in [0.3, 0.4) is 0 Å². The Hall–Kier alpha value is -1.74. The molecule has 1 aromatic heterocycles. The van der Waals surface area contributed by atoms with Crippen molar-refractivity contribution in [2.45, 2.75) is 49.6 Å². The SMILES string of the molecule is O=C(c1ccc(S(=O)(=O)N2CCCCC2)cc1)N(Cc1cccs1)C1CCOCC1. The largest absolute Gasteiger partial charge is 0.381 e. The van der Waals surface area contributed by atoms with Gasteiger partial charge in [-0.15, -0.1) is 11.3 Å². The van der Waals surface area contributed by atoms with Gasteiger partial charge in [-0.1, -0.05) is 12.5 Å². The van der Waals surface area contributed by atoms with E-state index in [1.165, 1.54) is 0 Å². The van der Waals surface area contributed by atoms with Crippen LogP contribution in [0.5, 0.6) is 0 Å². The van der Waals surface area contributed by atoms with Crippen LogP contribution in [0.15, 0.2) is 46.7 Å². The Bertz CT molecular complexity index is 930. The number of sulfonamides is 1. The Balaban J connectivity index is 1.54. The highest BCUT2D eigenvalue weighted by Crippen LogP contribution is 2.24. The minimum absolute atomic E-state index is 0.0581. The second-order valence-electron chi connectivity index (χ2n) is 7.85. The van der Waals surface area contributed by atoms with Crippen molar-refractivity contribution in [3.63, 3.8) is 0 Å². The number of carbonyl (C=O) groups is 1. The Labute approximate surface area is 182 Å². The number of nitrogens with zero attached hydrogens (tertiary/aromatic N) is 2. The fourth-order valence-electron chi connectivity index (χ4n) is 4.12. The molecule has 0 atom stereocenters. The molecule has 0 unspecified atom stereocenters. The third-order valence-corrected chi connectivity index (χ3v) is 8.63. The maximum atomic E-state index is 13.4. The smallest absolute Gasteiger partial charge is 0.254 e. The van der Waals surface area contributed by atoms with Crippen LogP contribution in [0, 0.1) is 0 Å². The average Bonchev–Trinajstić information content (AvgIpc) is 3.32. The molecule has 0 aliphatic carbocycles. The summed E-state index contributed by atoms with van der Waals surface area (Å²) in [7, 11) is -3.49. The van der Waals surface area contributed by atoms with E-state index < -0.39 is 10.0 Å². The number of rotatable bonds is 6. The van der Waals surface area contributed by atoms with Crippen molar-refractivity contribution in [1.29, 1.82) is 0 Å². The van der Waals surface area contributed by atoms with Crippen molar-refractivity contribution >= 4 is 27.3 Å². The number of hydrogen-bond donors (Lipinski definition) is 0. The average molecular weight is 449 g/mol. The Morgan fingerprint density at radius 3 is 2.40 bits per heavy atom. The summed E-state index contributed by atoms with van der Waals surface area (Å²) in [5.41, 5.74) is 0.524. The second kappa shape index (κ2) is 9.60. The monoisotopic (exact) mass is 448 g/mol. The molecule has 2 saturated heterocycles. The zero-order chi connectivity index (χ0) is 21.0. The first-order chi connectivity index (χ1) is 14.6. The number of benzene rings is 1. The van der Waals surface area contributed by atoms with Gasteiger partial charge in [-0.3, -0.25) is 4.79 Å². The van der Waals surface area contributed by atoms with Crippen molar-refractivity contribution < 1.29 is 17.9 Å². The minimum atomic E-state index is -3.49. The lowest BCUT2D eigenvalue weighted by molar-refractivity contribution is 0.0270. The predicted molar refractivity (Wildman–Crippen MR) is 117 cm³/mol. The van der Waals surface area contributed by atoms with Gasteiger partial charge in [0.15, 0.2) is 0 Å². The Morgan fingerprint density at radius 2 is 1.77 bits per heavy atom. The molecular formula is C22H28N2O4S2. The molecule has 6 nitrogen and oxygen atoms in total. The summed E-state index contributed by atoms with van der Waals surface area (Å²) < 4.78 is 32.8. The van der Waals surface area contributed by atoms with E-state index in [9.17, 15) is 13.2 Å². The number of ether oxygens (including phenoxy) is 1. The van der Waals surface area contributed by atoms with E-state index in [2.05, 4.69) is 0 Å². The van der Waals surface area contributed by atoms with Gasteiger partial charge >= 0.3 is 0 Å². The number of amides is 1. The number of hydrogen-bond acceptors (Lipinski definition) is 5. The summed E-state index contributed by atoms with van der Waals surface area (Å²) in [6.45, 7) is 3.02. The maximum absolute atomic E-state index is 13.4. The zero-order valence-electron chi connectivity index (χ0n) is 17.0. The molecule has 8 heteroatoms. The molecule has 2 aliphatic rings. The van der Waals surface area contributed by atoms with E-state index in [4.69, 9.17) is 4.74 Å². The molecule has 0 bridgehead atoms. The first-order valence-corrected chi connectivity index (χ1v) is 12.9. The van der Waals surface area contributed by atoms with Crippen molar-refractivity contribution in [2.75, 3.05) is 26.3 Å². The van der Waals surface area contributed by atoms with Gasteiger partial charge in [-0.05, 0) is 61.4 Å². The predicted octanol–water partition coefficient (Wildman–Crippen LogP) is 3.74. The maximum Gasteiger partial charge on any atom is 0.254 e. The normalized spacial score (nSPS) is 18.9. The van der Waals surface area contributed by atoms with Crippen molar-refractivity contribution in [1.82, 2.24) is 9.21 Å². The molecule has 4 rings (SSSR count). The molecule has 3 heterocycles. The van der Waals surface area contributed by atoms with Crippen LogP contribution in [0.25, 0.3) is 0 Å². The van der Waals surface area contributed by atoms with E-state index in [1.54, 1.807) is 39.9 Å². The van der Waals surface area contributed by atoms with Gasteiger partial charge in [0.2, 0.25) is 10.0 Å². The molecule has 0 N–H and O–H groups in total. The quantitative estimate of drug-likeness (QED) is 0.675. The van der Waals surface area contributed by atoms with Crippen LogP contribution in [0.4, 0.5) is 0 Å². The zero-order valence-corrected chi connectivity index (χ0v) is 18.7. The van der Waals surface area contributed by atoms with E-state index in [0.29, 0.717) is 38.4 Å². The van der Waals surface area contributed by atoms with Crippen LogP contribution in [-0.2, 0) is 21.3 Å². The molecule has 0 radical (unpaired) electrons. The summed E-state index contributed by atoms with van der Waals surface area (Å²) in [6.07, 6.45) is 4.51. The first kappa shape index (κ1) is 21.5. The fraction of sp³-hybridized carbons (Fsp3) is 0.500. The third kappa shape index (κ3) is 4.77. The van der Waals surface area contributed by atoms with Gasteiger partial charge in [0.05, 0.1) is 11.4 Å². The highest BCUT2D eigenvalue weighted by Gasteiger charge is 2.29. The summed E-state index contributed by atoms with van der Waals surface area (Å²) in [6, 6.07) is 10.6.